The summed E-state index contributed by atoms with van der Waals surface area (Å²) >= 11 is 0. The van der Waals surface area contributed by atoms with E-state index in [0.717, 1.165) is 50.7 Å². The Morgan fingerprint density at radius 1 is 1.11 bits per heavy atom. The minimum atomic E-state index is -0.401. The van der Waals surface area contributed by atoms with Gasteiger partial charge in [0.05, 0.1) is 5.60 Å². The highest BCUT2D eigenvalue weighted by Crippen LogP contribution is 2.58. The van der Waals surface area contributed by atoms with Crippen molar-refractivity contribution < 1.29 is 5.11 Å². The van der Waals surface area contributed by atoms with Gasteiger partial charge in [-0.15, -0.1) is 0 Å². The maximum Gasteiger partial charge on any atom is 0.0670 e. The van der Waals surface area contributed by atoms with Gasteiger partial charge in [-0.05, 0) is 83.6 Å². The van der Waals surface area contributed by atoms with E-state index in [-0.39, 0.29) is 11.1 Å². The third-order valence-electron chi connectivity index (χ3n) is 8.04. The predicted molar refractivity (Wildman–Crippen MR) is 112 cm³/mol. The van der Waals surface area contributed by atoms with Gasteiger partial charge in [-0.25, -0.2) is 0 Å². The lowest BCUT2D eigenvalue weighted by molar-refractivity contribution is -0.146. The van der Waals surface area contributed by atoms with Crippen LogP contribution in [0.25, 0.3) is 0 Å². The van der Waals surface area contributed by atoms with Crippen LogP contribution >= 0.6 is 0 Å². The van der Waals surface area contributed by atoms with E-state index in [0.29, 0.717) is 6.04 Å². The summed E-state index contributed by atoms with van der Waals surface area (Å²) in [7, 11) is 0. The summed E-state index contributed by atoms with van der Waals surface area (Å²) in [6, 6.07) is 0.648. The van der Waals surface area contributed by atoms with Gasteiger partial charge in [0, 0.05) is 49.8 Å². The molecule has 2 atom stereocenters. The van der Waals surface area contributed by atoms with E-state index in [2.05, 4.69) is 49.4 Å². The quantitative estimate of drug-likeness (QED) is 0.700. The Labute approximate surface area is 166 Å². The summed E-state index contributed by atoms with van der Waals surface area (Å²) in [5, 5.41) is 15.1. The van der Waals surface area contributed by atoms with Gasteiger partial charge in [0.15, 0.2) is 0 Å². The van der Waals surface area contributed by atoms with Crippen LogP contribution in [0.3, 0.4) is 0 Å². The van der Waals surface area contributed by atoms with Crippen molar-refractivity contribution >= 4 is 0 Å². The molecular weight excluding hydrogens is 334 g/mol. The van der Waals surface area contributed by atoms with Gasteiger partial charge in [0.1, 0.15) is 0 Å². The molecule has 2 unspecified atom stereocenters. The van der Waals surface area contributed by atoms with Crippen LogP contribution in [0.1, 0.15) is 66.2 Å². The van der Waals surface area contributed by atoms with Crippen molar-refractivity contribution in [1.29, 1.82) is 0 Å². The second-order valence-electron chi connectivity index (χ2n) is 11.2. The van der Waals surface area contributed by atoms with Crippen LogP contribution < -0.4 is 5.32 Å². The van der Waals surface area contributed by atoms with E-state index in [9.17, 15) is 5.11 Å². The van der Waals surface area contributed by atoms with E-state index >= 15 is 0 Å². The molecule has 27 heavy (non-hydrogen) atoms. The minimum absolute atomic E-state index is 0.0861. The van der Waals surface area contributed by atoms with E-state index in [1.165, 1.54) is 37.9 Å². The molecule has 0 spiro atoms. The molecule has 0 radical (unpaired) electrons. The van der Waals surface area contributed by atoms with Crippen LogP contribution in [0.4, 0.5) is 0 Å². The van der Waals surface area contributed by atoms with Crippen molar-refractivity contribution in [3.63, 3.8) is 0 Å². The first-order chi connectivity index (χ1) is 12.6. The molecule has 5 fully saturated rings. The first-order valence-corrected chi connectivity index (χ1v) is 11.2. The smallest absolute Gasteiger partial charge is 0.0670 e. The summed E-state index contributed by atoms with van der Waals surface area (Å²) in [6.07, 6.45) is 6.85. The third kappa shape index (κ3) is 4.01. The van der Waals surface area contributed by atoms with E-state index in [1.54, 1.807) is 0 Å². The predicted octanol–water partition coefficient (Wildman–Crippen LogP) is 3.02. The maximum atomic E-state index is 11.1. The molecule has 4 nitrogen and oxygen atoms in total. The highest BCUT2D eigenvalue weighted by atomic mass is 16.3. The van der Waals surface area contributed by atoms with Crippen LogP contribution in [-0.4, -0.2) is 70.4 Å². The zero-order valence-corrected chi connectivity index (χ0v) is 18.1. The lowest BCUT2D eigenvalue weighted by Gasteiger charge is -2.62. The molecule has 2 N–H and O–H groups in total. The van der Waals surface area contributed by atoms with Crippen LogP contribution in [0.2, 0.25) is 0 Å². The Bertz CT molecular complexity index is 562. The summed E-state index contributed by atoms with van der Waals surface area (Å²) in [4.78, 5) is 5.14. The molecule has 4 heteroatoms. The van der Waals surface area contributed by atoms with Gasteiger partial charge in [-0.1, -0.05) is 6.58 Å². The van der Waals surface area contributed by atoms with E-state index < -0.39 is 5.60 Å². The summed E-state index contributed by atoms with van der Waals surface area (Å²) in [5.74, 6) is 1.44. The lowest BCUT2D eigenvalue weighted by atomic mass is 9.50. The SMILES string of the molecule is C=C(CN1CCN(C(C)C)CC1)C(C)(C)NC12CC3CC(CC(O)(C3)C1)C2. The fraction of sp³-hybridized carbons (Fsp3) is 0.913. The van der Waals surface area contributed by atoms with Crippen molar-refractivity contribution in [3.05, 3.63) is 12.2 Å². The normalized spacial score (nSPS) is 40.1. The summed E-state index contributed by atoms with van der Waals surface area (Å²) in [5.41, 5.74) is 0.934. The molecule has 0 aromatic rings. The molecule has 0 aromatic carbocycles. The summed E-state index contributed by atoms with van der Waals surface area (Å²) in [6.45, 7) is 19.3. The molecule has 154 valence electrons. The molecule has 0 aromatic heterocycles. The molecule has 0 amide bonds. The van der Waals surface area contributed by atoms with Gasteiger partial charge in [0.2, 0.25) is 0 Å². The van der Waals surface area contributed by atoms with Crippen LogP contribution in [0, 0.1) is 11.8 Å². The highest BCUT2D eigenvalue weighted by Gasteiger charge is 2.58. The lowest BCUT2D eigenvalue weighted by Crippen LogP contribution is -2.68. The first-order valence-electron chi connectivity index (χ1n) is 11.2. The van der Waals surface area contributed by atoms with Crippen LogP contribution in [0.15, 0.2) is 12.2 Å². The van der Waals surface area contributed by atoms with Crippen molar-refractivity contribution in [2.24, 2.45) is 11.8 Å². The molecule has 1 aliphatic heterocycles. The van der Waals surface area contributed by atoms with Crippen molar-refractivity contribution in [2.45, 2.75) is 88.9 Å². The van der Waals surface area contributed by atoms with Crippen molar-refractivity contribution in [3.8, 4) is 0 Å². The average Bonchev–Trinajstić information content (AvgIpc) is 2.51. The Hall–Kier alpha value is -0.420. The molecule has 4 saturated carbocycles. The second-order valence-corrected chi connectivity index (χ2v) is 11.2. The molecule has 5 rings (SSSR count). The number of nitrogens with zero attached hydrogens (tertiary/aromatic N) is 2. The third-order valence-corrected chi connectivity index (χ3v) is 8.04. The topological polar surface area (TPSA) is 38.7 Å². The zero-order valence-electron chi connectivity index (χ0n) is 18.1. The van der Waals surface area contributed by atoms with E-state index in [4.69, 9.17) is 0 Å². The Morgan fingerprint density at radius 2 is 1.70 bits per heavy atom. The molecule has 4 aliphatic carbocycles. The fourth-order valence-electron chi connectivity index (χ4n) is 7.02. The number of hydrogen-bond acceptors (Lipinski definition) is 4. The number of hydrogen-bond donors (Lipinski definition) is 2. The van der Waals surface area contributed by atoms with Gasteiger partial charge in [-0.3, -0.25) is 9.80 Å². The van der Waals surface area contributed by atoms with Crippen LogP contribution in [0.5, 0.6) is 0 Å². The zero-order chi connectivity index (χ0) is 19.4. The van der Waals surface area contributed by atoms with Crippen molar-refractivity contribution in [1.82, 2.24) is 15.1 Å². The second kappa shape index (κ2) is 6.83. The Morgan fingerprint density at radius 3 is 2.22 bits per heavy atom. The number of aliphatic hydroxyl groups is 1. The molecule has 5 aliphatic rings. The average molecular weight is 376 g/mol. The minimum Gasteiger partial charge on any atom is -0.390 e. The number of rotatable bonds is 6. The highest BCUT2D eigenvalue weighted by molar-refractivity contribution is 5.21. The molecule has 1 saturated heterocycles. The Balaban J connectivity index is 1.37. The summed E-state index contributed by atoms with van der Waals surface area (Å²) < 4.78 is 0. The van der Waals surface area contributed by atoms with Crippen molar-refractivity contribution in [2.75, 3.05) is 32.7 Å². The molecule has 1 heterocycles. The van der Waals surface area contributed by atoms with Crippen LogP contribution in [-0.2, 0) is 0 Å². The number of piperazine rings is 1. The van der Waals surface area contributed by atoms with Gasteiger partial charge >= 0.3 is 0 Å². The number of nitrogens with one attached hydrogen (secondary N) is 1. The van der Waals surface area contributed by atoms with Gasteiger partial charge < -0.3 is 10.4 Å². The first kappa shape index (κ1) is 19.9. The van der Waals surface area contributed by atoms with Gasteiger partial charge in [-0.2, -0.15) is 0 Å². The van der Waals surface area contributed by atoms with E-state index in [1.807, 2.05) is 0 Å². The van der Waals surface area contributed by atoms with Gasteiger partial charge in [0.25, 0.3) is 0 Å². The standard InChI is InChI=1S/C23H41N3O/c1-17(2)26-8-6-25(7-9-26)15-18(3)21(4,5)24-22-11-19-10-20(12-22)14-23(27,13-19)16-22/h17,19-20,24,27H,3,6-16H2,1-2,4-5H3. The molecule has 4 bridgehead atoms. The fourth-order valence-corrected chi connectivity index (χ4v) is 7.02. The largest absolute Gasteiger partial charge is 0.390 e. The molecular formula is C23H41N3O. The Kier molecular flexibility index (Phi) is 5.03. The monoisotopic (exact) mass is 375 g/mol. The maximum absolute atomic E-state index is 11.1.